The van der Waals surface area contributed by atoms with Gasteiger partial charge in [-0.1, -0.05) is 22.7 Å². The third-order valence-corrected chi connectivity index (χ3v) is 8.26. The van der Waals surface area contributed by atoms with Crippen LogP contribution in [-0.2, 0) is 0 Å². The van der Waals surface area contributed by atoms with Crippen molar-refractivity contribution in [1.29, 1.82) is 0 Å². The largest absolute Gasteiger partial charge is 0.505 e. The van der Waals surface area contributed by atoms with E-state index in [4.69, 9.17) is 4.98 Å². The second kappa shape index (κ2) is 8.22. The first-order chi connectivity index (χ1) is 15.0. The Bertz CT molecular complexity index is 1230. The minimum Gasteiger partial charge on any atom is -0.505 e. The molecule has 12 heteroatoms. The Morgan fingerprint density at radius 1 is 1.16 bits per heavy atom. The molecule has 0 radical (unpaired) electrons. The molecule has 3 atom stereocenters. The van der Waals surface area contributed by atoms with Crippen LogP contribution in [0.3, 0.4) is 0 Å². The number of hydrogen-bond donors (Lipinski definition) is 2. The molecule has 2 aliphatic heterocycles. The van der Waals surface area contributed by atoms with Gasteiger partial charge < -0.3 is 15.3 Å². The fourth-order valence-corrected chi connectivity index (χ4v) is 6.64. The molecule has 2 saturated heterocycles. The molecule has 4 aromatic heterocycles. The van der Waals surface area contributed by atoms with Crippen LogP contribution in [0.5, 0.6) is 5.75 Å². The van der Waals surface area contributed by atoms with Crippen molar-refractivity contribution in [2.24, 2.45) is 0 Å². The lowest BCUT2D eigenvalue weighted by Gasteiger charge is -2.35. The fraction of sp³-hybridized carbons (Fsp3) is 0.400. The molecule has 0 aromatic carbocycles. The third-order valence-electron chi connectivity index (χ3n) is 6.13. The summed E-state index contributed by atoms with van der Waals surface area (Å²) in [7, 11) is 2.13. The van der Waals surface area contributed by atoms with E-state index >= 15 is 0 Å². The van der Waals surface area contributed by atoms with Gasteiger partial charge in [-0.05, 0) is 25.7 Å². The smallest absolute Gasteiger partial charge is 0.188 e. The van der Waals surface area contributed by atoms with Crippen molar-refractivity contribution in [3.8, 4) is 22.1 Å². The van der Waals surface area contributed by atoms with E-state index in [1.54, 1.807) is 11.3 Å². The van der Waals surface area contributed by atoms with Gasteiger partial charge in [-0.3, -0.25) is 0 Å². The van der Waals surface area contributed by atoms with Gasteiger partial charge in [-0.25, -0.2) is 24.0 Å². The summed E-state index contributed by atoms with van der Waals surface area (Å²) in [6.07, 6.45) is 8.73. The van der Waals surface area contributed by atoms with Crippen molar-refractivity contribution in [2.45, 2.75) is 43.8 Å². The standard InChI is InChI=1S/C20H20FN7OS2.ClH/c1-27(13-4-11-2-3-12(5-13)24-11)20-26-19-18(31-20)25-17(30-19)16-15(29)6-14(8-22-16)28-9-10(21)7-23-28;/h6-9,11-13,24,29H,2-5H2,1H3;1H/t11-,12+,13?;. The summed E-state index contributed by atoms with van der Waals surface area (Å²) >= 11 is 2.99. The van der Waals surface area contributed by atoms with E-state index in [0.29, 0.717) is 34.5 Å². The number of halogens is 2. The van der Waals surface area contributed by atoms with Gasteiger partial charge in [0.05, 0.1) is 24.3 Å². The molecule has 168 valence electrons. The fourth-order valence-electron chi connectivity index (χ4n) is 4.56. The highest BCUT2D eigenvalue weighted by Crippen LogP contribution is 2.40. The first-order valence-electron chi connectivity index (χ1n) is 10.2. The van der Waals surface area contributed by atoms with Gasteiger partial charge in [-0.15, -0.1) is 12.4 Å². The van der Waals surface area contributed by atoms with Gasteiger partial charge in [0.25, 0.3) is 0 Å². The van der Waals surface area contributed by atoms with Crippen LogP contribution < -0.4 is 10.2 Å². The second-order valence-electron chi connectivity index (χ2n) is 8.16. The number of nitrogens with zero attached hydrogens (tertiary/aromatic N) is 6. The van der Waals surface area contributed by atoms with Gasteiger partial charge >= 0.3 is 0 Å². The van der Waals surface area contributed by atoms with E-state index in [9.17, 15) is 9.50 Å². The van der Waals surface area contributed by atoms with E-state index in [-0.39, 0.29) is 18.2 Å². The molecule has 0 spiro atoms. The molecule has 2 N–H and O–H groups in total. The maximum Gasteiger partial charge on any atom is 0.188 e. The lowest BCUT2D eigenvalue weighted by atomic mass is 9.99. The number of fused-ring (bicyclic) bond motifs is 3. The molecule has 2 fully saturated rings. The molecular formula is C20H21ClFN7OS2. The maximum atomic E-state index is 13.2. The maximum absolute atomic E-state index is 13.2. The molecule has 1 unspecified atom stereocenters. The van der Waals surface area contributed by atoms with E-state index in [0.717, 1.165) is 33.8 Å². The monoisotopic (exact) mass is 493 g/mol. The Morgan fingerprint density at radius 2 is 1.91 bits per heavy atom. The number of aromatic nitrogens is 5. The molecule has 6 heterocycles. The zero-order chi connectivity index (χ0) is 21.1. The number of hydrogen-bond acceptors (Lipinski definition) is 9. The van der Waals surface area contributed by atoms with Crippen LogP contribution in [0.4, 0.5) is 9.52 Å². The molecule has 4 aromatic rings. The molecule has 0 amide bonds. The lowest BCUT2D eigenvalue weighted by molar-refractivity contribution is 0.354. The van der Waals surface area contributed by atoms with E-state index in [2.05, 4.69) is 32.3 Å². The van der Waals surface area contributed by atoms with Crippen molar-refractivity contribution in [2.75, 3.05) is 11.9 Å². The number of aromatic hydroxyl groups is 1. The summed E-state index contributed by atoms with van der Waals surface area (Å²) in [6.45, 7) is 0. The zero-order valence-corrected chi connectivity index (χ0v) is 19.6. The Morgan fingerprint density at radius 3 is 2.56 bits per heavy atom. The Labute approximate surface area is 197 Å². The van der Waals surface area contributed by atoms with Gasteiger partial charge in [-0.2, -0.15) is 5.10 Å². The van der Waals surface area contributed by atoms with E-state index in [1.165, 1.54) is 47.3 Å². The van der Waals surface area contributed by atoms with Gasteiger partial charge in [0, 0.05) is 31.2 Å². The van der Waals surface area contributed by atoms with Crippen molar-refractivity contribution in [3.63, 3.8) is 0 Å². The number of pyridine rings is 1. The first-order valence-corrected chi connectivity index (χ1v) is 11.8. The average Bonchev–Trinajstić information content (AvgIpc) is 3.51. The SMILES string of the molecule is CN(c1nc2sc(-c3ncc(-n4cc(F)cn4)cc3O)nc2s1)C1C[C@H]2CC[C@@H](C1)N2.Cl. The van der Waals surface area contributed by atoms with Crippen molar-refractivity contribution < 1.29 is 9.50 Å². The van der Waals surface area contributed by atoms with Crippen LogP contribution in [0.15, 0.2) is 24.7 Å². The summed E-state index contributed by atoms with van der Waals surface area (Å²) in [5, 5.41) is 19.7. The van der Waals surface area contributed by atoms with E-state index < -0.39 is 5.82 Å². The quantitative estimate of drug-likeness (QED) is 0.444. The molecule has 8 nitrogen and oxygen atoms in total. The number of anilines is 1. The summed E-state index contributed by atoms with van der Waals surface area (Å²) in [5.74, 6) is -0.481. The molecule has 0 aliphatic carbocycles. The van der Waals surface area contributed by atoms with Crippen LogP contribution in [0, 0.1) is 5.82 Å². The van der Waals surface area contributed by atoms with Gasteiger partial charge in [0.15, 0.2) is 20.6 Å². The minimum atomic E-state index is -0.451. The molecule has 6 rings (SSSR count). The van der Waals surface area contributed by atoms with E-state index in [1.807, 2.05) is 0 Å². The predicted octanol–water partition coefficient (Wildman–Crippen LogP) is 3.99. The normalized spacial score (nSPS) is 22.2. The predicted molar refractivity (Wildman–Crippen MR) is 126 cm³/mol. The highest BCUT2D eigenvalue weighted by atomic mass is 35.5. The number of rotatable bonds is 4. The second-order valence-corrected chi connectivity index (χ2v) is 10.1. The topological polar surface area (TPSA) is 92.0 Å². The minimum absolute atomic E-state index is 0. The van der Waals surface area contributed by atoms with Crippen LogP contribution in [0.25, 0.3) is 26.0 Å². The van der Waals surface area contributed by atoms with Gasteiger partial charge in [0.2, 0.25) is 0 Å². The Kier molecular flexibility index (Phi) is 5.52. The van der Waals surface area contributed by atoms with Crippen LogP contribution in [-0.4, -0.2) is 55.0 Å². The molecule has 0 saturated carbocycles. The molecule has 2 bridgehead atoms. The van der Waals surface area contributed by atoms with Crippen LogP contribution in [0.2, 0.25) is 0 Å². The summed E-state index contributed by atoms with van der Waals surface area (Å²) < 4.78 is 14.5. The summed E-state index contributed by atoms with van der Waals surface area (Å²) in [4.78, 5) is 17.8. The zero-order valence-electron chi connectivity index (χ0n) is 17.1. The Balaban J connectivity index is 0.00000216. The number of nitrogens with one attached hydrogen (secondary N) is 1. The highest BCUT2D eigenvalue weighted by molar-refractivity contribution is 7.29. The summed E-state index contributed by atoms with van der Waals surface area (Å²) in [6, 6.07) is 3.27. The van der Waals surface area contributed by atoms with Crippen molar-refractivity contribution >= 4 is 49.9 Å². The number of thiazole rings is 2. The summed E-state index contributed by atoms with van der Waals surface area (Å²) in [5.41, 5.74) is 0.859. The highest BCUT2D eigenvalue weighted by Gasteiger charge is 2.36. The van der Waals surface area contributed by atoms with Crippen molar-refractivity contribution in [1.82, 2.24) is 30.0 Å². The van der Waals surface area contributed by atoms with Crippen LogP contribution in [0.1, 0.15) is 25.7 Å². The van der Waals surface area contributed by atoms with Crippen LogP contribution >= 0.6 is 35.1 Å². The van der Waals surface area contributed by atoms with Crippen molar-refractivity contribution in [3.05, 3.63) is 30.5 Å². The third kappa shape index (κ3) is 3.72. The molecule has 2 aliphatic rings. The average molecular weight is 494 g/mol. The molecule has 32 heavy (non-hydrogen) atoms. The lowest BCUT2D eigenvalue weighted by Crippen LogP contribution is -2.47. The number of piperidine rings is 1. The van der Waals surface area contributed by atoms with Gasteiger partial charge in [0.1, 0.15) is 16.5 Å². The first kappa shape index (κ1) is 21.5. The Hall–Kier alpha value is -2.34. The molecular weight excluding hydrogens is 473 g/mol.